The van der Waals surface area contributed by atoms with Crippen molar-refractivity contribution in [3.05, 3.63) is 67.1 Å². The third kappa shape index (κ3) is 5.39. The lowest BCUT2D eigenvalue weighted by Gasteiger charge is -2.35. The van der Waals surface area contributed by atoms with Crippen molar-refractivity contribution < 1.29 is 13.2 Å². The molecule has 0 aliphatic carbocycles. The monoisotopic (exact) mass is 490 g/mol. The summed E-state index contributed by atoms with van der Waals surface area (Å²) < 4.78 is 30.8. The molecular formula is C27H30N4O3S. The molecule has 1 aliphatic rings. The number of thiol groups is 1. The molecule has 0 radical (unpaired) electrons. The average Bonchev–Trinajstić information content (AvgIpc) is 3.28. The van der Waals surface area contributed by atoms with Gasteiger partial charge < -0.3 is 4.74 Å². The highest BCUT2D eigenvalue weighted by Crippen LogP contribution is 2.28. The molecule has 7 nitrogen and oxygen atoms in total. The van der Waals surface area contributed by atoms with Gasteiger partial charge in [0.2, 0.25) is 0 Å². The minimum atomic E-state index is -2.64. The van der Waals surface area contributed by atoms with Crippen molar-refractivity contribution in [3.63, 3.8) is 0 Å². The molecule has 35 heavy (non-hydrogen) atoms. The lowest BCUT2D eigenvalue weighted by atomic mass is 10.1. The Kier molecular flexibility index (Phi) is 6.58. The number of hydrogen-bond donors (Lipinski definition) is 1. The predicted octanol–water partition coefficient (Wildman–Crippen LogP) is 4.68. The van der Waals surface area contributed by atoms with Crippen LogP contribution < -0.4 is 4.74 Å². The predicted molar refractivity (Wildman–Crippen MR) is 137 cm³/mol. The lowest BCUT2D eigenvalue weighted by molar-refractivity contribution is 0.0520. The zero-order valence-electron chi connectivity index (χ0n) is 20.1. The Labute approximate surface area is 207 Å². The van der Waals surface area contributed by atoms with Gasteiger partial charge in [-0.05, 0) is 75.2 Å². The number of nitrogens with zero attached hydrogens (tertiary/aromatic N) is 4. The van der Waals surface area contributed by atoms with Gasteiger partial charge in [0, 0.05) is 30.1 Å². The molecule has 3 heterocycles. The SMILES string of the molecule is CC(C)(CN1CCCCC1)Oc1ccc(-c2cnc3c(-c4cccc([SH](=O)=O)c4)cnn3c2)cc1. The third-order valence-corrected chi connectivity index (χ3v) is 7.06. The number of aromatic nitrogens is 3. The first kappa shape index (κ1) is 23.5. The number of hydrogen-bond acceptors (Lipinski definition) is 6. The van der Waals surface area contributed by atoms with Crippen molar-refractivity contribution in [1.29, 1.82) is 0 Å². The third-order valence-electron chi connectivity index (χ3n) is 6.36. The van der Waals surface area contributed by atoms with Crippen molar-refractivity contribution >= 4 is 16.4 Å². The molecule has 1 fully saturated rings. The van der Waals surface area contributed by atoms with Gasteiger partial charge in [0.15, 0.2) is 16.4 Å². The van der Waals surface area contributed by atoms with Crippen molar-refractivity contribution in [2.75, 3.05) is 19.6 Å². The van der Waals surface area contributed by atoms with Gasteiger partial charge in [-0.1, -0.05) is 30.7 Å². The van der Waals surface area contributed by atoms with Gasteiger partial charge in [0.05, 0.1) is 11.1 Å². The van der Waals surface area contributed by atoms with Gasteiger partial charge in [-0.25, -0.2) is 17.9 Å². The largest absolute Gasteiger partial charge is 0.487 e. The van der Waals surface area contributed by atoms with Crippen LogP contribution in [0.3, 0.4) is 0 Å². The fourth-order valence-electron chi connectivity index (χ4n) is 4.74. The van der Waals surface area contributed by atoms with Gasteiger partial charge in [-0.2, -0.15) is 5.10 Å². The van der Waals surface area contributed by atoms with Crippen molar-refractivity contribution in [1.82, 2.24) is 19.5 Å². The Morgan fingerprint density at radius 3 is 2.46 bits per heavy atom. The van der Waals surface area contributed by atoms with Crippen LogP contribution in [0.15, 0.2) is 72.0 Å². The quantitative estimate of drug-likeness (QED) is 0.379. The Hall–Kier alpha value is -3.23. The minimum absolute atomic E-state index is 0.262. The topological polar surface area (TPSA) is 76.8 Å². The van der Waals surface area contributed by atoms with E-state index in [1.807, 2.05) is 42.7 Å². The summed E-state index contributed by atoms with van der Waals surface area (Å²) in [7, 11) is -2.64. The molecule has 0 N–H and O–H groups in total. The van der Waals surface area contributed by atoms with Crippen molar-refractivity contribution in [3.8, 4) is 28.0 Å². The molecule has 4 aromatic rings. The Bertz CT molecular complexity index is 1400. The summed E-state index contributed by atoms with van der Waals surface area (Å²) in [6.07, 6.45) is 9.33. The maximum atomic E-state index is 11.4. The molecule has 5 rings (SSSR count). The smallest absolute Gasteiger partial charge is 0.168 e. The van der Waals surface area contributed by atoms with Crippen LogP contribution in [0, 0.1) is 0 Å². The molecule has 0 atom stereocenters. The molecule has 0 unspecified atom stereocenters. The summed E-state index contributed by atoms with van der Waals surface area (Å²) >= 11 is 0. The molecule has 0 bridgehead atoms. The van der Waals surface area contributed by atoms with E-state index < -0.39 is 10.7 Å². The summed E-state index contributed by atoms with van der Waals surface area (Å²) in [5.41, 5.74) is 3.92. The zero-order valence-corrected chi connectivity index (χ0v) is 20.9. The van der Waals surface area contributed by atoms with Crippen LogP contribution >= 0.6 is 0 Å². The maximum Gasteiger partial charge on any atom is 0.168 e. The van der Waals surface area contributed by atoms with E-state index in [-0.39, 0.29) is 10.5 Å². The van der Waals surface area contributed by atoms with Crippen molar-refractivity contribution in [2.45, 2.75) is 43.6 Å². The van der Waals surface area contributed by atoms with E-state index in [1.165, 1.54) is 19.3 Å². The van der Waals surface area contributed by atoms with Gasteiger partial charge >= 0.3 is 0 Å². The van der Waals surface area contributed by atoms with E-state index in [4.69, 9.17) is 4.74 Å². The number of ether oxygens (including phenoxy) is 1. The van der Waals surface area contributed by atoms with Crippen LogP contribution in [-0.2, 0) is 10.7 Å². The van der Waals surface area contributed by atoms with Crippen LogP contribution in [0.2, 0.25) is 0 Å². The minimum Gasteiger partial charge on any atom is -0.487 e. The van der Waals surface area contributed by atoms with Gasteiger partial charge in [-0.15, -0.1) is 0 Å². The van der Waals surface area contributed by atoms with Gasteiger partial charge in [-0.3, -0.25) is 4.90 Å². The summed E-state index contributed by atoms with van der Waals surface area (Å²) in [6, 6.07) is 14.9. The van der Waals surface area contributed by atoms with E-state index in [0.29, 0.717) is 5.65 Å². The molecular weight excluding hydrogens is 460 g/mol. The Balaban J connectivity index is 1.33. The number of piperidine rings is 1. The van der Waals surface area contributed by atoms with Crippen molar-refractivity contribution in [2.24, 2.45) is 0 Å². The summed E-state index contributed by atoms with van der Waals surface area (Å²) in [4.78, 5) is 7.40. The van der Waals surface area contributed by atoms with E-state index in [0.717, 1.165) is 47.6 Å². The first-order chi connectivity index (χ1) is 16.9. The zero-order chi connectivity index (χ0) is 24.4. The molecule has 2 aromatic carbocycles. The standard InChI is InChI=1S/C27H30N4O3S/c1-27(2,19-30-13-4-3-5-14-30)34-23-11-9-20(10-12-23)22-16-28-26-25(17-29-31(26)18-22)21-7-6-8-24(15-21)35(32)33/h6-12,15-18,35H,3-5,13-14,19H2,1-2H3. The molecule has 1 saturated heterocycles. The number of rotatable bonds is 7. The van der Waals surface area contributed by atoms with Gasteiger partial charge in [0.25, 0.3) is 0 Å². The molecule has 2 aromatic heterocycles. The maximum absolute atomic E-state index is 11.4. The molecule has 182 valence electrons. The normalized spacial score (nSPS) is 15.1. The summed E-state index contributed by atoms with van der Waals surface area (Å²) in [6.45, 7) is 7.52. The summed E-state index contributed by atoms with van der Waals surface area (Å²) in [5.74, 6) is 0.850. The number of fused-ring (bicyclic) bond motifs is 1. The van der Waals surface area contributed by atoms with E-state index in [9.17, 15) is 8.42 Å². The summed E-state index contributed by atoms with van der Waals surface area (Å²) in [5, 5.41) is 4.45. The van der Waals surface area contributed by atoms with Crippen LogP contribution in [0.1, 0.15) is 33.1 Å². The highest BCUT2D eigenvalue weighted by Gasteiger charge is 2.24. The van der Waals surface area contributed by atoms with Crippen LogP contribution in [0.4, 0.5) is 0 Å². The van der Waals surface area contributed by atoms with E-state index in [2.05, 4.69) is 28.8 Å². The van der Waals surface area contributed by atoms with Gasteiger partial charge in [0.1, 0.15) is 11.4 Å². The molecule has 1 aliphatic heterocycles. The second-order valence-electron chi connectivity index (χ2n) is 9.70. The second-order valence-corrected chi connectivity index (χ2v) is 10.7. The van der Waals surface area contributed by atoms with E-state index in [1.54, 1.807) is 28.9 Å². The average molecular weight is 491 g/mol. The van der Waals surface area contributed by atoms with E-state index >= 15 is 0 Å². The first-order valence-corrected chi connectivity index (χ1v) is 13.2. The number of likely N-dealkylation sites (tertiary alicyclic amines) is 1. The molecule has 0 spiro atoms. The molecule has 0 saturated carbocycles. The highest BCUT2D eigenvalue weighted by molar-refractivity contribution is 7.72. The number of benzene rings is 2. The Morgan fingerprint density at radius 2 is 1.71 bits per heavy atom. The highest BCUT2D eigenvalue weighted by atomic mass is 32.2. The van der Waals surface area contributed by atoms with Crippen LogP contribution in [-0.4, -0.2) is 53.2 Å². The fraction of sp³-hybridized carbons (Fsp3) is 0.333. The second kappa shape index (κ2) is 9.79. The fourth-order valence-corrected chi connectivity index (χ4v) is 5.19. The van der Waals surface area contributed by atoms with Crippen LogP contribution in [0.5, 0.6) is 5.75 Å². The Morgan fingerprint density at radius 1 is 0.943 bits per heavy atom. The van der Waals surface area contributed by atoms with Crippen LogP contribution in [0.25, 0.3) is 27.9 Å². The first-order valence-electron chi connectivity index (χ1n) is 12.0. The lowest BCUT2D eigenvalue weighted by Crippen LogP contribution is -2.44. The molecule has 8 heteroatoms. The molecule has 0 amide bonds.